The maximum atomic E-state index is 12.4. The normalized spacial score (nSPS) is 9.56. The molecule has 1 aromatic rings. The molecule has 1 nitrogen and oxygen atoms in total. The van der Waals surface area contributed by atoms with Crippen molar-refractivity contribution in [3.05, 3.63) is 21.6 Å². The number of carbonyl (C=O) groups is 1. The first-order valence-corrected chi connectivity index (χ1v) is 3.27. The summed E-state index contributed by atoms with van der Waals surface area (Å²) in [6.07, 6.45) is 0.654. The molecule has 48 valence electrons. The van der Waals surface area contributed by atoms with Gasteiger partial charge in [0.25, 0.3) is 0 Å². The van der Waals surface area contributed by atoms with E-state index in [4.69, 9.17) is 0 Å². The lowest BCUT2D eigenvalue weighted by Crippen LogP contribution is -1.65. The quantitative estimate of drug-likeness (QED) is 0.551. The molecule has 0 saturated heterocycles. The number of hydrogen-bond acceptors (Lipinski definition) is 2. The van der Waals surface area contributed by atoms with E-state index < -0.39 is 0 Å². The fourth-order valence-electron chi connectivity index (χ4n) is 0.542. The molecule has 0 bridgehead atoms. The largest absolute Gasteiger partial charge is 0.297 e. The summed E-state index contributed by atoms with van der Waals surface area (Å²) in [6.45, 7) is 1.64. The second-order valence-corrected chi connectivity index (χ2v) is 2.76. The van der Waals surface area contributed by atoms with E-state index in [1.807, 2.05) is 0 Å². The van der Waals surface area contributed by atoms with E-state index in [1.165, 1.54) is 6.07 Å². The highest BCUT2D eigenvalue weighted by Gasteiger charge is 2.01. The molecule has 0 aliphatic heterocycles. The molecule has 0 atom stereocenters. The van der Waals surface area contributed by atoms with Crippen LogP contribution < -0.4 is 0 Å². The van der Waals surface area contributed by atoms with Crippen molar-refractivity contribution in [3.8, 4) is 0 Å². The Kier molecular flexibility index (Phi) is 1.62. The fourth-order valence-corrected chi connectivity index (χ4v) is 1.25. The molecule has 0 fully saturated rings. The van der Waals surface area contributed by atoms with Crippen LogP contribution in [0.2, 0.25) is 0 Å². The minimum absolute atomic E-state index is 0.267. The Labute approximate surface area is 56.1 Å². The molecule has 0 aromatic carbocycles. The molecule has 0 saturated carbocycles. The van der Waals surface area contributed by atoms with Crippen LogP contribution in [0.4, 0.5) is 4.39 Å². The third kappa shape index (κ3) is 1.16. The molecule has 3 heteroatoms. The van der Waals surface area contributed by atoms with Crippen LogP contribution in [0.5, 0.6) is 0 Å². The van der Waals surface area contributed by atoms with Crippen LogP contribution in [0, 0.1) is 12.1 Å². The Bertz CT molecular complexity index is 209. The van der Waals surface area contributed by atoms with E-state index in [0.29, 0.717) is 16.7 Å². The van der Waals surface area contributed by atoms with Crippen molar-refractivity contribution in [2.45, 2.75) is 6.92 Å². The number of hydrogen-bond donors (Lipinski definition) is 0. The van der Waals surface area contributed by atoms with E-state index in [2.05, 4.69) is 0 Å². The average molecular weight is 144 g/mol. The number of aryl methyl sites for hydroxylation is 1. The van der Waals surface area contributed by atoms with Gasteiger partial charge in [-0.1, -0.05) is 0 Å². The Morgan fingerprint density at radius 3 is 2.67 bits per heavy atom. The maximum Gasteiger partial charge on any atom is 0.179 e. The summed E-state index contributed by atoms with van der Waals surface area (Å²) in [7, 11) is 0. The van der Waals surface area contributed by atoms with Gasteiger partial charge in [-0.15, -0.1) is 11.3 Å². The predicted octanol–water partition coefficient (Wildman–Crippen LogP) is 2.01. The van der Waals surface area contributed by atoms with E-state index in [-0.39, 0.29) is 5.13 Å². The first-order valence-electron chi connectivity index (χ1n) is 2.45. The van der Waals surface area contributed by atoms with E-state index in [1.54, 1.807) is 6.92 Å². The number of rotatable bonds is 1. The van der Waals surface area contributed by atoms with E-state index in [0.717, 1.165) is 11.3 Å². The van der Waals surface area contributed by atoms with Gasteiger partial charge in [-0.2, -0.15) is 4.39 Å². The van der Waals surface area contributed by atoms with Crippen molar-refractivity contribution in [3.63, 3.8) is 0 Å². The van der Waals surface area contributed by atoms with Crippen molar-refractivity contribution < 1.29 is 9.18 Å². The van der Waals surface area contributed by atoms with Gasteiger partial charge < -0.3 is 0 Å². The van der Waals surface area contributed by atoms with Crippen LogP contribution in [0.15, 0.2) is 6.07 Å². The molecule has 0 unspecified atom stereocenters. The van der Waals surface area contributed by atoms with Crippen LogP contribution in [0.3, 0.4) is 0 Å². The highest BCUT2D eigenvalue weighted by molar-refractivity contribution is 7.12. The number of halogens is 1. The van der Waals surface area contributed by atoms with Gasteiger partial charge in [-0.25, -0.2) is 0 Å². The predicted molar refractivity (Wildman–Crippen MR) is 34.4 cm³/mol. The van der Waals surface area contributed by atoms with E-state index in [9.17, 15) is 9.18 Å². The van der Waals surface area contributed by atoms with Crippen LogP contribution >= 0.6 is 11.3 Å². The highest BCUT2D eigenvalue weighted by Crippen LogP contribution is 2.17. The molecule has 9 heavy (non-hydrogen) atoms. The Balaban J connectivity index is 3.11. The summed E-state index contributed by atoms with van der Waals surface area (Å²) < 4.78 is 12.4. The smallest absolute Gasteiger partial charge is 0.179 e. The van der Waals surface area contributed by atoms with Gasteiger partial charge in [0.1, 0.15) is 0 Å². The maximum absolute atomic E-state index is 12.4. The van der Waals surface area contributed by atoms with Crippen molar-refractivity contribution in [1.29, 1.82) is 0 Å². The molecule has 0 radical (unpaired) electrons. The van der Waals surface area contributed by atoms with Crippen molar-refractivity contribution in [2.75, 3.05) is 0 Å². The number of carbonyl (C=O) groups excluding carboxylic acids is 1. The van der Waals surface area contributed by atoms with Gasteiger partial charge in [0.2, 0.25) is 0 Å². The molecule has 0 spiro atoms. The minimum Gasteiger partial charge on any atom is -0.297 e. The summed E-state index contributed by atoms with van der Waals surface area (Å²) in [5.41, 5.74) is 0.544. The molecule has 1 heterocycles. The third-order valence-electron chi connectivity index (χ3n) is 0.992. The van der Waals surface area contributed by atoms with Crippen molar-refractivity contribution in [2.24, 2.45) is 0 Å². The van der Waals surface area contributed by atoms with Crippen LogP contribution in [-0.2, 0) is 0 Å². The van der Waals surface area contributed by atoms with Crippen molar-refractivity contribution in [1.82, 2.24) is 0 Å². The lowest BCUT2D eigenvalue weighted by atomic mass is 10.3. The molecule has 0 amide bonds. The van der Waals surface area contributed by atoms with Gasteiger partial charge in [-0.3, -0.25) is 4.79 Å². The molecule has 1 aromatic heterocycles. The lowest BCUT2D eigenvalue weighted by Gasteiger charge is -1.74. The van der Waals surface area contributed by atoms with Crippen LogP contribution in [0.1, 0.15) is 15.2 Å². The third-order valence-corrected chi connectivity index (χ3v) is 1.94. The summed E-state index contributed by atoms with van der Waals surface area (Å²) in [4.78, 5) is 10.5. The Hall–Kier alpha value is -0.700. The topological polar surface area (TPSA) is 17.1 Å². The Morgan fingerprint density at radius 2 is 2.44 bits per heavy atom. The SMILES string of the molecule is Cc1cc(C=O)sc1F. The zero-order valence-corrected chi connectivity index (χ0v) is 5.67. The molecular weight excluding hydrogens is 139 g/mol. The van der Waals surface area contributed by atoms with Crippen LogP contribution in [-0.4, -0.2) is 6.29 Å². The molecule has 0 aliphatic carbocycles. The monoisotopic (exact) mass is 144 g/mol. The second kappa shape index (κ2) is 2.27. The summed E-state index contributed by atoms with van der Waals surface area (Å²) in [5.74, 6) is 0. The van der Waals surface area contributed by atoms with Gasteiger partial charge in [0, 0.05) is 0 Å². The average Bonchev–Trinajstić information content (AvgIpc) is 2.13. The van der Waals surface area contributed by atoms with E-state index >= 15 is 0 Å². The molecular formula is C6H5FOS. The van der Waals surface area contributed by atoms with Crippen molar-refractivity contribution >= 4 is 17.6 Å². The fraction of sp³-hybridized carbons (Fsp3) is 0.167. The molecule has 0 N–H and O–H groups in total. The highest BCUT2D eigenvalue weighted by atomic mass is 32.1. The first-order chi connectivity index (χ1) is 4.24. The molecule has 0 aliphatic rings. The summed E-state index contributed by atoms with van der Waals surface area (Å²) in [5, 5.41) is -0.267. The standard InChI is InChI=1S/C6H5FOS/c1-4-2-5(3-8)9-6(4)7/h2-3H,1H3. The van der Waals surface area contributed by atoms with Crippen LogP contribution in [0.25, 0.3) is 0 Å². The van der Waals surface area contributed by atoms with Gasteiger partial charge in [-0.05, 0) is 18.6 Å². The van der Waals surface area contributed by atoms with Gasteiger partial charge in [0.05, 0.1) is 4.88 Å². The Morgan fingerprint density at radius 1 is 1.78 bits per heavy atom. The zero-order valence-electron chi connectivity index (χ0n) is 4.85. The summed E-state index contributed by atoms with van der Waals surface area (Å²) in [6, 6.07) is 1.53. The summed E-state index contributed by atoms with van der Waals surface area (Å²) >= 11 is 0.880. The molecule has 1 rings (SSSR count). The van der Waals surface area contributed by atoms with Gasteiger partial charge in [0.15, 0.2) is 11.4 Å². The second-order valence-electron chi connectivity index (χ2n) is 1.72. The minimum atomic E-state index is -0.267. The number of thiophene rings is 1. The zero-order chi connectivity index (χ0) is 6.85. The number of aldehydes is 1. The first kappa shape index (κ1) is 6.42. The lowest BCUT2D eigenvalue weighted by molar-refractivity contribution is 0.112. The van der Waals surface area contributed by atoms with Gasteiger partial charge >= 0.3 is 0 Å².